The molecule has 2 aliphatic rings. The van der Waals surface area contributed by atoms with Gasteiger partial charge < -0.3 is 10.2 Å². The summed E-state index contributed by atoms with van der Waals surface area (Å²) in [5.74, 6) is 9.11. The number of nitrogens with two attached hydrogens (primary N) is 1. The fourth-order valence-corrected chi connectivity index (χ4v) is 3.53. The number of nitrogens with zero attached hydrogens (tertiary/aromatic N) is 2. The van der Waals surface area contributed by atoms with Crippen molar-refractivity contribution in [3.63, 3.8) is 0 Å². The van der Waals surface area contributed by atoms with Crippen LogP contribution in [-0.4, -0.2) is 22.7 Å². The lowest BCUT2D eigenvalue weighted by molar-refractivity contribution is 0.0156. The zero-order valence-electron chi connectivity index (χ0n) is 10.3. The third-order valence-corrected chi connectivity index (χ3v) is 4.42. The number of hydrogen-bond donors (Lipinski definition) is 2. The minimum absolute atomic E-state index is 0.275. The van der Waals surface area contributed by atoms with Crippen LogP contribution in [0, 0.1) is 0 Å². The highest BCUT2D eigenvalue weighted by molar-refractivity contribution is 7.98. The summed E-state index contributed by atoms with van der Waals surface area (Å²) in [7, 11) is 0. The first kappa shape index (κ1) is 12.2. The van der Waals surface area contributed by atoms with Gasteiger partial charge in [0.25, 0.3) is 0 Å². The van der Waals surface area contributed by atoms with Gasteiger partial charge in [-0.05, 0) is 19.3 Å². The first-order valence-corrected chi connectivity index (χ1v) is 7.57. The fourth-order valence-electron chi connectivity index (χ4n) is 2.49. The second-order valence-electron chi connectivity index (χ2n) is 4.74. The van der Waals surface area contributed by atoms with Gasteiger partial charge in [-0.3, -0.25) is 0 Å². The quantitative estimate of drug-likeness (QED) is 0.640. The van der Waals surface area contributed by atoms with Crippen molar-refractivity contribution in [3.8, 4) is 0 Å². The summed E-state index contributed by atoms with van der Waals surface area (Å²) in [6.45, 7) is 0.869. The number of hydrogen-bond acceptors (Lipinski definition) is 6. The molecule has 0 amide bonds. The number of fused-ring (bicyclic) bond motifs is 1. The standard InChI is InChI=1S/C12H18N4OS/c13-16-12-9-6-18-7-10(9)14-11(15-12)5-8-3-1-2-4-17-8/h8H,1-7,13H2,(H,14,15,16). The lowest BCUT2D eigenvalue weighted by Crippen LogP contribution is -2.23. The summed E-state index contributed by atoms with van der Waals surface area (Å²) in [4.78, 5) is 9.16. The Morgan fingerprint density at radius 1 is 1.33 bits per heavy atom. The van der Waals surface area contributed by atoms with Crippen molar-refractivity contribution < 1.29 is 4.74 Å². The third kappa shape index (κ3) is 2.46. The van der Waals surface area contributed by atoms with Crippen LogP contribution in [0.3, 0.4) is 0 Å². The Balaban J connectivity index is 1.79. The van der Waals surface area contributed by atoms with E-state index in [1.807, 2.05) is 11.8 Å². The van der Waals surface area contributed by atoms with Crippen LogP contribution in [0.2, 0.25) is 0 Å². The van der Waals surface area contributed by atoms with Crippen LogP contribution in [0.15, 0.2) is 0 Å². The zero-order chi connectivity index (χ0) is 12.4. The molecule has 18 heavy (non-hydrogen) atoms. The average Bonchev–Trinajstić information content (AvgIpc) is 2.87. The number of anilines is 1. The first-order chi connectivity index (χ1) is 8.86. The molecule has 3 rings (SSSR count). The lowest BCUT2D eigenvalue weighted by atomic mass is 10.1. The zero-order valence-corrected chi connectivity index (χ0v) is 11.1. The summed E-state index contributed by atoms with van der Waals surface area (Å²) in [5.41, 5.74) is 5.00. The van der Waals surface area contributed by atoms with Gasteiger partial charge in [0, 0.05) is 30.1 Å². The number of ether oxygens (including phenoxy) is 1. The minimum atomic E-state index is 0.275. The molecule has 1 atom stereocenters. The highest BCUT2D eigenvalue weighted by Gasteiger charge is 2.21. The molecule has 0 aromatic carbocycles. The number of thioether (sulfide) groups is 1. The van der Waals surface area contributed by atoms with Gasteiger partial charge >= 0.3 is 0 Å². The predicted molar refractivity (Wildman–Crippen MR) is 72.1 cm³/mol. The first-order valence-electron chi connectivity index (χ1n) is 6.41. The molecule has 1 fully saturated rings. The van der Waals surface area contributed by atoms with E-state index in [0.29, 0.717) is 0 Å². The molecule has 5 nitrogen and oxygen atoms in total. The van der Waals surface area contributed by atoms with Crippen molar-refractivity contribution in [1.82, 2.24) is 9.97 Å². The van der Waals surface area contributed by atoms with Crippen LogP contribution in [0.1, 0.15) is 36.3 Å². The molecule has 3 heterocycles. The van der Waals surface area contributed by atoms with Gasteiger partial charge in [-0.2, -0.15) is 11.8 Å². The van der Waals surface area contributed by atoms with Gasteiger partial charge in [-0.15, -0.1) is 0 Å². The molecule has 98 valence electrons. The van der Waals surface area contributed by atoms with Crippen LogP contribution >= 0.6 is 11.8 Å². The van der Waals surface area contributed by atoms with Crippen LogP contribution in [-0.2, 0) is 22.7 Å². The summed E-state index contributed by atoms with van der Waals surface area (Å²) in [6.07, 6.45) is 4.60. The molecule has 0 aliphatic carbocycles. The van der Waals surface area contributed by atoms with Crippen LogP contribution in [0.4, 0.5) is 5.82 Å². The summed E-state index contributed by atoms with van der Waals surface area (Å²) < 4.78 is 5.74. The van der Waals surface area contributed by atoms with E-state index in [9.17, 15) is 0 Å². The second-order valence-corrected chi connectivity index (χ2v) is 5.73. The van der Waals surface area contributed by atoms with Crippen molar-refractivity contribution in [1.29, 1.82) is 0 Å². The third-order valence-electron chi connectivity index (χ3n) is 3.45. The van der Waals surface area contributed by atoms with Gasteiger partial charge in [0.05, 0.1) is 11.8 Å². The van der Waals surface area contributed by atoms with E-state index in [0.717, 1.165) is 53.9 Å². The maximum absolute atomic E-state index is 5.74. The van der Waals surface area contributed by atoms with E-state index in [-0.39, 0.29) is 6.10 Å². The predicted octanol–water partition coefficient (Wildman–Crippen LogP) is 1.62. The Morgan fingerprint density at radius 2 is 2.28 bits per heavy atom. The topological polar surface area (TPSA) is 73.1 Å². The average molecular weight is 266 g/mol. The number of nitrogen functional groups attached to an aromatic ring is 1. The molecule has 1 unspecified atom stereocenters. The van der Waals surface area contributed by atoms with Crippen LogP contribution < -0.4 is 11.3 Å². The smallest absolute Gasteiger partial charge is 0.148 e. The molecule has 1 aromatic heterocycles. The van der Waals surface area contributed by atoms with E-state index < -0.39 is 0 Å². The molecule has 6 heteroatoms. The maximum atomic E-state index is 5.74. The molecular weight excluding hydrogens is 248 g/mol. The second kappa shape index (κ2) is 5.42. The van der Waals surface area contributed by atoms with Gasteiger partial charge in [-0.1, -0.05) is 0 Å². The minimum Gasteiger partial charge on any atom is -0.378 e. The van der Waals surface area contributed by atoms with Gasteiger partial charge in [0.1, 0.15) is 11.6 Å². The van der Waals surface area contributed by atoms with Gasteiger partial charge in [0.2, 0.25) is 0 Å². The van der Waals surface area contributed by atoms with Crippen molar-refractivity contribution >= 4 is 17.6 Å². The van der Waals surface area contributed by atoms with Crippen molar-refractivity contribution in [2.45, 2.75) is 43.3 Å². The Morgan fingerprint density at radius 3 is 3.06 bits per heavy atom. The van der Waals surface area contributed by atoms with E-state index in [1.54, 1.807) is 0 Å². The lowest BCUT2D eigenvalue weighted by Gasteiger charge is -2.22. The van der Waals surface area contributed by atoms with Crippen molar-refractivity contribution in [3.05, 3.63) is 17.1 Å². The normalized spacial score (nSPS) is 22.8. The van der Waals surface area contributed by atoms with E-state index in [1.165, 1.54) is 12.8 Å². The number of aromatic nitrogens is 2. The molecule has 0 radical (unpaired) electrons. The molecule has 3 N–H and O–H groups in total. The van der Waals surface area contributed by atoms with Crippen LogP contribution in [0.5, 0.6) is 0 Å². The highest BCUT2D eigenvalue weighted by atomic mass is 32.2. The Bertz CT molecular complexity index is 434. The SMILES string of the molecule is NNc1nc(CC2CCCCO2)nc2c1CSC2. The molecule has 2 aliphatic heterocycles. The summed E-state index contributed by atoms with van der Waals surface area (Å²) in [6, 6.07) is 0. The fraction of sp³-hybridized carbons (Fsp3) is 0.667. The highest BCUT2D eigenvalue weighted by Crippen LogP contribution is 2.32. The van der Waals surface area contributed by atoms with E-state index in [4.69, 9.17) is 10.6 Å². The molecule has 1 saturated heterocycles. The number of nitrogens with one attached hydrogen (secondary N) is 1. The summed E-state index contributed by atoms with van der Waals surface area (Å²) in [5, 5.41) is 0. The van der Waals surface area contributed by atoms with E-state index in [2.05, 4.69) is 15.4 Å². The Kier molecular flexibility index (Phi) is 3.67. The summed E-state index contributed by atoms with van der Waals surface area (Å²) >= 11 is 1.86. The van der Waals surface area contributed by atoms with Gasteiger partial charge in [-0.25, -0.2) is 15.8 Å². The van der Waals surface area contributed by atoms with Gasteiger partial charge in [0.15, 0.2) is 0 Å². The Hall–Kier alpha value is -0.850. The maximum Gasteiger partial charge on any atom is 0.148 e. The Labute approximate surface area is 111 Å². The van der Waals surface area contributed by atoms with Crippen molar-refractivity contribution in [2.75, 3.05) is 12.0 Å². The van der Waals surface area contributed by atoms with Crippen LogP contribution in [0.25, 0.3) is 0 Å². The number of hydrazine groups is 1. The number of rotatable bonds is 3. The molecule has 0 bridgehead atoms. The van der Waals surface area contributed by atoms with Crippen molar-refractivity contribution in [2.24, 2.45) is 5.84 Å². The molecular formula is C12H18N4OS. The molecule has 1 aromatic rings. The molecule has 0 spiro atoms. The van der Waals surface area contributed by atoms with E-state index >= 15 is 0 Å². The monoisotopic (exact) mass is 266 g/mol. The largest absolute Gasteiger partial charge is 0.378 e. The molecule has 0 saturated carbocycles.